The first-order valence-electron chi connectivity index (χ1n) is 4.34. The molecule has 1 heteroatoms. The fourth-order valence-corrected chi connectivity index (χ4v) is 1.47. The summed E-state index contributed by atoms with van der Waals surface area (Å²) in [5.74, 6) is 2.71. The van der Waals surface area contributed by atoms with Crippen LogP contribution in [0.5, 0.6) is 0 Å². The Kier molecular flexibility index (Phi) is 3.63. The van der Waals surface area contributed by atoms with Crippen molar-refractivity contribution in [3.05, 3.63) is 23.3 Å². The Bertz CT molecular complexity index is 240. The summed E-state index contributed by atoms with van der Waals surface area (Å²) in [7, 11) is 0. The van der Waals surface area contributed by atoms with Gasteiger partial charge in [-0.15, -0.1) is 6.42 Å². The Morgan fingerprint density at radius 1 is 1.42 bits per heavy atom. The minimum absolute atomic E-state index is 0.0986. The highest BCUT2D eigenvalue weighted by molar-refractivity contribution is 5.38. The highest BCUT2D eigenvalue weighted by atomic mass is 16.2. The molecule has 0 saturated heterocycles. The van der Waals surface area contributed by atoms with Gasteiger partial charge < -0.3 is 5.11 Å². The average molecular weight is 162 g/mol. The molecule has 0 aromatic heterocycles. The van der Waals surface area contributed by atoms with Crippen molar-refractivity contribution in [3.63, 3.8) is 0 Å². The molecule has 0 heterocycles. The second kappa shape index (κ2) is 4.79. The molecular formula is C11H14O. The fourth-order valence-electron chi connectivity index (χ4n) is 1.47. The first-order chi connectivity index (χ1) is 5.88. The molecule has 0 spiro atoms. The fraction of sp³-hybridized carbons (Fsp3) is 0.455. The summed E-state index contributed by atoms with van der Waals surface area (Å²) in [6.45, 7) is 0.0986. The van der Waals surface area contributed by atoms with Gasteiger partial charge in [-0.3, -0.25) is 0 Å². The lowest BCUT2D eigenvalue weighted by atomic mass is 9.92. The Balaban J connectivity index is 2.75. The van der Waals surface area contributed by atoms with Crippen molar-refractivity contribution in [2.24, 2.45) is 0 Å². The lowest BCUT2D eigenvalue weighted by molar-refractivity contribution is 0.342. The zero-order valence-corrected chi connectivity index (χ0v) is 7.21. The van der Waals surface area contributed by atoms with Gasteiger partial charge in [0.25, 0.3) is 0 Å². The number of aliphatic hydroxyl groups is 1. The van der Waals surface area contributed by atoms with E-state index in [0.717, 1.165) is 18.4 Å². The first kappa shape index (κ1) is 9.09. The maximum atomic E-state index is 8.59. The summed E-state index contributed by atoms with van der Waals surface area (Å²) < 4.78 is 0. The van der Waals surface area contributed by atoms with Crippen LogP contribution in [0.1, 0.15) is 25.7 Å². The van der Waals surface area contributed by atoms with Gasteiger partial charge in [-0.1, -0.05) is 18.1 Å². The number of hydrogen-bond acceptors (Lipinski definition) is 1. The van der Waals surface area contributed by atoms with Crippen LogP contribution in [0.15, 0.2) is 23.3 Å². The topological polar surface area (TPSA) is 20.2 Å². The molecule has 0 radical (unpaired) electrons. The van der Waals surface area contributed by atoms with Crippen LogP contribution in [-0.4, -0.2) is 11.7 Å². The molecule has 0 bridgehead atoms. The number of rotatable bonds is 2. The SMILES string of the molecule is C#CC1=C(/C=C/CO)CCCC1. The van der Waals surface area contributed by atoms with E-state index in [0.29, 0.717) is 0 Å². The van der Waals surface area contributed by atoms with Crippen LogP contribution in [0.4, 0.5) is 0 Å². The highest BCUT2D eigenvalue weighted by Gasteiger charge is 2.07. The predicted octanol–water partition coefficient (Wildman–Crippen LogP) is 2.04. The van der Waals surface area contributed by atoms with E-state index >= 15 is 0 Å². The summed E-state index contributed by atoms with van der Waals surface area (Å²) in [6.07, 6.45) is 13.6. The van der Waals surface area contributed by atoms with Crippen molar-refractivity contribution >= 4 is 0 Å². The van der Waals surface area contributed by atoms with Crippen molar-refractivity contribution in [1.82, 2.24) is 0 Å². The van der Waals surface area contributed by atoms with E-state index in [-0.39, 0.29) is 6.61 Å². The van der Waals surface area contributed by atoms with Gasteiger partial charge in [0.15, 0.2) is 0 Å². The van der Waals surface area contributed by atoms with Crippen LogP contribution < -0.4 is 0 Å². The summed E-state index contributed by atoms with van der Waals surface area (Å²) in [6, 6.07) is 0. The van der Waals surface area contributed by atoms with Crippen molar-refractivity contribution in [2.75, 3.05) is 6.61 Å². The molecule has 1 nitrogen and oxygen atoms in total. The molecule has 1 aliphatic carbocycles. The van der Waals surface area contributed by atoms with Gasteiger partial charge in [-0.05, 0) is 31.3 Å². The van der Waals surface area contributed by atoms with E-state index in [1.165, 1.54) is 18.4 Å². The lowest BCUT2D eigenvalue weighted by Gasteiger charge is -2.13. The number of hydrogen-bond donors (Lipinski definition) is 1. The van der Waals surface area contributed by atoms with Crippen LogP contribution >= 0.6 is 0 Å². The van der Waals surface area contributed by atoms with Gasteiger partial charge in [0, 0.05) is 5.57 Å². The molecule has 0 unspecified atom stereocenters. The molecule has 1 aliphatic rings. The zero-order chi connectivity index (χ0) is 8.81. The Morgan fingerprint density at radius 2 is 2.17 bits per heavy atom. The summed E-state index contributed by atoms with van der Waals surface area (Å²) >= 11 is 0. The molecule has 0 aliphatic heterocycles. The van der Waals surface area contributed by atoms with Gasteiger partial charge in [-0.2, -0.15) is 0 Å². The third-order valence-electron chi connectivity index (χ3n) is 2.11. The van der Waals surface area contributed by atoms with Crippen molar-refractivity contribution in [3.8, 4) is 12.3 Å². The number of terminal acetylenes is 1. The van der Waals surface area contributed by atoms with Crippen molar-refractivity contribution in [1.29, 1.82) is 0 Å². The molecule has 0 atom stereocenters. The molecule has 1 N–H and O–H groups in total. The van der Waals surface area contributed by atoms with Crippen molar-refractivity contribution in [2.45, 2.75) is 25.7 Å². The molecule has 64 valence electrons. The largest absolute Gasteiger partial charge is 0.392 e. The zero-order valence-electron chi connectivity index (χ0n) is 7.21. The maximum absolute atomic E-state index is 8.59. The summed E-state index contributed by atoms with van der Waals surface area (Å²) in [5, 5.41) is 8.59. The van der Waals surface area contributed by atoms with E-state index in [2.05, 4.69) is 5.92 Å². The van der Waals surface area contributed by atoms with E-state index in [1.54, 1.807) is 6.08 Å². The molecule has 0 saturated carbocycles. The molecule has 0 amide bonds. The van der Waals surface area contributed by atoms with Crippen LogP contribution in [0, 0.1) is 12.3 Å². The molecule has 0 aromatic carbocycles. The van der Waals surface area contributed by atoms with E-state index in [9.17, 15) is 0 Å². The average Bonchev–Trinajstić information content (AvgIpc) is 2.15. The Labute approximate surface area is 73.8 Å². The van der Waals surface area contributed by atoms with Gasteiger partial charge in [0.1, 0.15) is 0 Å². The predicted molar refractivity (Wildman–Crippen MR) is 50.6 cm³/mol. The minimum Gasteiger partial charge on any atom is -0.392 e. The molecular weight excluding hydrogens is 148 g/mol. The summed E-state index contributed by atoms with van der Waals surface area (Å²) in [5.41, 5.74) is 2.35. The Morgan fingerprint density at radius 3 is 2.83 bits per heavy atom. The van der Waals surface area contributed by atoms with Gasteiger partial charge in [-0.25, -0.2) is 0 Å². The van der Waals surface area contributed by atoms with Crippen molar-refractivity contribution < 1.29 is 5.11 Å². The third-order valence-corrected chi connectivity index (χ3v) is 2.11. The molecule has 12 heavy (non-hydrogen) atoms. The normalized spacial score (nSPS) is 18.3. The Hall–Kier alpha value is -1.00. The number of aliphatic hydroxyl groups excluding tert-OH is 1. The standard InChI is InChI=1S/C11H14O/c1-2-10-6-3-4-7-11(10)8-5-9-12/h1,5,8,12H,3-4,6-7,9H2/b8-5+. The van der Waals surface area contributed by atoms with Crippen LogP contribution in [0.3, 0.4) is 0 Å². The number of allylic oxidation sites excluding steroid dienone is 3. The van der Waals surface area contributed by atoms with E-state index in [1.807, 2.05) is 6.08 Å². The first-order valence-corrected chi connectivity index (χ1v) is 4.34. The summed E-state index contributed by atoms with van der Waals surface area (Å²) in [4.78, 5) is 0. The minimum atomic E-state index is 0.0986. The highest BCUT2D eigenvalue weighted by Crippen LogP contribution is 2.24. The second-order valence-corrected chi connectivity index (χ2v) is 2.94. The quantitative estimate of drug-likeness (QED) is 0.616. The van der Waals surface area contributed by atoms with Gasteiger partial charge in [0.05, 0.1) is 6.61 Å². The smallest absolute Gasteiger partial charge is 0.0615 e. The molecule has 1 rings (SSSR count). The van der Waals surface area contributed by atoms with Gasteiger partial charge in [0.2, 0.25) is 0 Å². The maximum Gasteiger partial charge on any atom is 0.0615 e. The second-order valence-electron chi connectivity index (χ2n) is 2.94. The molecule has 0 fully saturated rings. The van der Waals surface area contributed by atoms with Gasteiger partial charge >= 0.3 is 0 Å². The monoisotopic (exact) mass is 162 g/mol. The lowest BCUT2D eigenvalue weighted by Crippen LogP contribution is -1.96. The third kappa shape index (κ3) is 2.25. The van der Waals surface area contributed by atoms with E-state index in [4.69, 9.17) is 11.5 Å². The molecule has 0 aromatic rings. The van der Waals surface area contributed by atoms with Crippen LogP contribution in [-0.2, 0) is 0 Å². The van der Waals surface area contributed by atoms with Crippen LogP contribution in [0.2, 0.25) is 0 Å². The van der Waals surface area contributed by atoms with Crippen LogP contribution in [0.25, 0.3) is 0 Å². The van der Waals surface area contributed by atoms with E-state index < -0.39 is 0 Å².